The van der Waals surface area contributed by atoms with E-state index in [4.69, 9.17) is 4.74 Å². The highest BCUT2D eigenvalue weighted by molar-refractivity contribution is 6.01. The molecule has 0 fully saturated rings. The van der Waals surface area contributed by atoms with E-state index in [0.717, 1.165) is 36.3 Å². The standard InChI is InChI=1S/C22H32N4O4/c1-8-9-10-26-14(2)11-17(15(26)3)12-18(13-23)20(28)30-16(4)19(27)24-21(29)25-22(5,6)7/h11-12,16H,8-10H2,1-7H3,(H2,24,25,27,29)/b18-12+/t16-/m1/s1. The van der Waals surface area contributed by atoms with Crippen molar-refractivity contribution in [1.29, 1.82) is 5.26 Å². The van der Waals surface area contributed by atoms with Crippen LogP contribution in [0.25, 0.3) is 6.08 Å². The van der Waals surface area contributed by atoms with Crippen molar-refractivity contribution in [2.75, 3.05) is 0 Å². The third-order valence-electron chi connectivity index (χ3n) is 4.37. The maximum absolute atomic E-state index is 12.4. The zero-order valence-electron chi connectivity index (χ0n) is 18.9. The van der Waals surface area contributed by atoms with E-state index in [2.05, 4.69) is 22.1 Å². The van der Waals surface area contributed by atoms with Crippen molar-refractivity contribution in [2.45, 2.75) is 79.5 Å². The van der Waals surface area contributed by atoms with Crippen LogP contribution in [0.3, 0.4) is 0 Å². The summed E-state index contributed by atoms with van der Waals surface area (Å²) >= 11 is 0. The van der Waals surface area contributed by atoms with Gasteiger partial charge in [-0.15, -0.1) is 0 Å². The highest BCUT2D eigenvalue weighted by atomic mass is 16.5. The lowest BCUT2D eigenvalue weighted by atomic mass is 10.1. The van der Waals surface area contributed by atoms with Gasteiger partial charge in [0.1, 0.15) is 11.6 Å². The Morgan fingerprint density at radius 2 is 1.93 bits per heavy atom. The summed E-state index contributed by atoms with van der Waals surface area (Å²) in [6.45, 7) is 13.5. The normalized spacial score (nSPS) is 12.7. The molecule has 0 aliphatic heterocycles. The van der Waals surface area contributed by atoms with Gasteiger partial charge in [0.05, 0.1) is 0 Å². The van der Waals surface area contributed by atoms with Crippen LogP contribution in [0.15, 0.2) is 11.6 Å². The van der Waals surface area contributed by atoms with E-state index in [9.17, 15) is 19.6 Å². The zero-order chi connectivity index (χ0) is 23.1. The second kappa shape index (κ2) is 10.6. The number of nitrogens with zero attached hydrogens (tertiary/aromatic N) is 2. The van der Waals surface area contributed by atoms with Gasteiger partial charge in [-0.25, -0.2) is 9.59 Å². The molecule has 3 amide bonds. The van der Waals surface area contributed by atoms with Gasteiger partial charge in [-0.2, -0.15) is 5.26 Å². The fraction of sp³-hybridized carbons (Fsp3) is 0.545. The van der Waals surface area contributed by atoms with Crippen LogP contribution in [0.2, 0.25) is 0 Å². The second-order valence-electron chi connectivity index (χ2n) is 8.24. The quantitative estimate of drug-likeness (QED) is 0.402. The number of amides is 3. The number of nitriles is 1. The van der Waals surface area contributed by atoms with E-state index < -0.39 is 29.6 Å². The van der Waals surface area contributed by atoms with Crippen molar-refractivity contribution in [3.05, 3.63) is 28.6 Å². The molecule has 0 spiro atoms. The maximum atomic E-state index is 12.4. The number of hydrogen-bond donors (Lipinski definition) is 2. The van der Waals surface area contributed by atoms with Crippen molar-refractivity contribution in [3.63, 3.8) is 0 Å². The Balaban J connectivity index is 2.87. The predicted molar refractivity (Wildman–Crippen MR) is 114 cm³/mol. The molecule has 8 nitrogen and oxygen atoms in total. The maximum Gasteiger partial charge on any atom is 0.349 e. The molecule has 1 heterocycles. The van der Waals surface area contributed by atoms with E-state index in [1.807, 2.05) is 26.0 Å². The molecule has 1 aromatic rings. The molecule has 0 saturated heterocycles. The largest absolute Gasteiger partial charge is 0.448 e. The van der Waals surface area contributed by atoms with Gasteiger partial charge in [0.15, 0.2) is 6.10 Å². The van der Waals surface area contributed by atoms with Crippen molar-refractivity contribution in [1.82, 2.24) is 15.2 Å². The Kier molecular flexibility index (Phi) is 8.84. The summed E-state index contributed by atoms with van der Waals surface area (Å²) < 4.78 is 7.22. The van der Waals surface area contributed by atoms with Gasteiger partial charge < -0.3 is 14.6 Å². The summed E-state index contributed by atoms with van der Waals surface area (Å²) in [7, 11) is 0. The third-order valence-corrected chi connectivity index (χ3v) is 4.37. The molecule has 1 aromatic heterocycles. The first-order valence-corrected chi connectivity index (χ1v) is 10.0. The van der Waals surface area contributed by atoms with Gasteiger partial charge in [0, 0.05) is 23.5 Å². The lowest BCUT2D eigenvalue weighted by molar-refractivity contribution is -0.150. The number of hydrogen-bond acceptors (Lipinski definition) is 5. The molecule has 1 rings (SSSR count). The second-order valence-corrected chi connectivity index (χ2v) is 8.24. The highest BCUT2D eigenvalue weighted by Gasteiger charge is 2.24. The van der Waals surface area contributed by atoms with Crippen LogP contribution < -0.4 is 10.6 Å². The summed E-state index contributed by atoms with van der Waals surface area (Å²) in [4.78, 5) is 36.3. The van der Waals surface area contributed by atoms with Crippen molar-refractivity contribution >= 4 is 24.0 Å². The van der Waals surface area contributed by atoms with Crippen LogP contribution >= 0.6 is 0 Å². The summed E-state index contributed by atoms with van der Waals surface area (Å²) in [5, 5.41) is 14.1. The topological polar surface area (TPSA) is 113 Å². The molecule has 0 aromatic carbocycles. The van der Waals surface area contributed by atoms with Crippen LogP contribution in [0.4, 0.5) is 4.79 Å². The zero-order valence-corrected chi connectivity index (χ0v) is 18.9. The van der Waals surface area contributed by atoms with Gasteiger partial charge >= 0.3 is 12.0 Å². The number of nitrogens with one attached hydrogen (secondary N) is 2. The molecular weight excluding hydrogens is 384 g/mol. The van der Waals surface area contributed by atoms with Crippen LogP contribution in [-0.2, 0) is 20.9 Å². The monoisotopic (exact) mass is 416 g/mol. The van der Waals surface area contributed by atoms with Gasteiger partial charge in [-0.1, -0.05) is 13.3 Å². The smallest absolute Gasteiger partial charge is 0.349 e. The molecule has 8 heteroatoms. The minimum atomic E-state index is -1.24. The van der Waals surface area contributed by atoms with E-state index in [1.54, 1.807) is 20.8 Å². The SMILES string of the molecule is CCCCn1c(C)cc(/C=C(\C#N)C(=O)O[C@H](C)C(=O)NC(=O)NC(C)(C)C)c1C. The first-order chi connectivity index (χ1) is 13.9. The summed E-state index contributed by atoms with van der Waals surface area (Å²) in [5.41, 5.74) is 2.00. The van der Waals surface area contributed by atoms with Crippen LogP contribution in [0.1, 0.15) is 64.4 Å². The molecule has 0 aliphatic carbocycles. The average Bonchev–Trinajstić information content (AvgIpc) is 2.89. The Morgan fingerprint density at radius 1 is 1.30 bits per heavy atom. The number of imide groups is 1. The predicted octanol–water partition coefficient (Wildman–Crippen LogP) is 3.37. The Labute approximate surface area is 178 Å². The van der Waals surface area contributed by atoms with Crippen LogP contribution in [0.5, 0.6) is 0 Å². The number of urea groups is 1. The van der Waals surface area contributed by atoms with Crippen molar-refractivity contribution < 1.29 is 19.1 Å². The minimum absolute atomic E-state index is 0.218. The average molecular weight is 417 g/mol. The van der Waals surface area contributed by atoms with E-state index >= 15 is 0 Å². The van der Waals surface area contributed by atoms with E-state index in [0.29, 0.717) is 0 Å². The highest BCUT2D eigenvalue weighted by Crippen LogP contribution is 2.19. The molecule has 30 heavy (non-hydrogen) atoms. The summed E-state index contributed by atoms with van der Waals surface area (Å²) in [6.07, 6.45) is 2.31. The molecular formula is C22H32N4O4. The minimum Gasteiger partial charge on any atom is -0.448 e. The molecule has 0 radical (unpaired) electrons. The number of carbonyl (C=O) groups is 3. The third kappa shape index (κ3) is 7.39. The number of esters is 1. The number of ether oxygens (including phenoxy) is 1. The number of rotatable bonds is 7. The molecule has 0 unspecified atom stereocenters. The number of aromatic nitrogens is 1. The van der Waals surface area contributed by atoms with Crippen molar-refractivity contribution in [2.24, 2.45) is 0 Å². The van der Waals surface area contributed by atoms with Crippen LogP contribution in [-0.4, -0.2) is 34.1 Å². The first kappa shape index (κ1) is 25.0. The lowest BCUT2D eigenvalue weighted by Gasteiger charge is -2.21. The Bertz CT molecular complexity index is 869. The Morgan fingerprint density at radius 3 is 2.47 bits per heavy atom. The lowest BCUT2D eigenvalue weighted by Crippen LogP contribution is -2.50. The fourth-order valence-corrected chi connectivity index (χ4v) is 2.79. The van der Waals surface area contributed by atoms with E-state index in [-0.39, 0.29) is 5.57 Å². The molecule has 1 atom stereocenters. The van der Waals surface area contributed by atoms with Crippen molar-refractivity contribution in [3.8, 4) is 6.07 Å². The summed E-state index contributed by atoms with van der Waals surface area (Å²) in [6, 6.07) is 3.05. The van der Waals surface area contributed by atoms with Gasteiger partial charge in [0.2, 0.25) is 0 Å². The molecule has 2 N–H and O–H groups in total. The van der Waals surface area contributed by atoms with Gasteiger partial charge in [-0.05, 0) is 65.7 Å². The molecule has 0 aliphatic rings. The number of aryl methyl sites for hydroxylation is 1. The molecule has 0 bridgehead atoms. The molecule has 164 valence electrons. The molecule has 0 saturated carbocycles. The van der Waals surface area contributed by atoms with Crippen LogP contribution in [0, 0.1) is 25.2 Å². The first-order valence-electron chi connectivity index (χ1n) is 10.0. The van der Waals surface area contributed by atoms with E-state index in [1.165, 1.54) is 13.0 Å². The number of unbranched alkanes of at least 4 members (excludes halogenated alkanes) is 1. The Hall–Kier alpha value is -3.08. The van der Waals surface area contributed by atoms with Gasteiger partial charge in [0.25, 0.3) is 5.91 Å². The fourth-order valence-electron chi connectivity index (χ4n) is 2.79. The van der Waals surface area contributed by atoms with Gasteiger partial charge in [-0.3, -0.25) is 10.1 Å². The summed E-state index contributed by atoms with van der Waals surface area (Å²) in [5.74, 6) is -1.70. The number of carbonyl (C=O) groups excluding carboxylic acids is 3.